The number of piperazine rings is 1. The van der Waals surface area contributed by atoms with E-state index in [4.69, 9.17) is 4.74 Å². The third-order valence-corrected chi connectivity index (χ3v) is 5.57. The first-order valence-corrected chi connectivity index (χ1v) is 10.1. The SMILES string of the molecule is COc1cc(SC)ccc1C(=O)N1CCN(c2ccc(C(C)=O)cc2)CC1. The zero-order chi connectivity index (χ0) is 19.4. The number of carbonyl (C=O) groups is 2. The molecule has 1 aliphatic rings. The van der Waals surface area contributed by atoms with Crippen molar-refractivity contribution < 1.29 is 14.3 Å². The summed E-state index contributed by atoms with van der Waals surface area (Å²) in [6.07, 6.45) is 2.00. The number of anilines is 1. The lowest BCUT2D eigenvalue weighted by Gasteiger charge is -2.36. The van der Waals surface area contributed by atoms with Gasteiger partial charge in [-0.2, -0.15) is 0 Å². The minimum absolute atomic E-state index is 0.00563. The topological polar surface area (TPSA) is 49.9 Å². The fourth-order valence-corrected chi connectivity index (χ4v) is 3.65. The van der Waals surface area contributed by atoms with Gasteiger partial charge in [-0.3, -0.25) is 9.59 Å². The molecule has 0 aromatic heterocycles. The van der Waals surface area contributed by atoms with Crippen LogP contribution in [-0.4, -0.2) is 56.1 Å². The third-order valence-electron chi connectivity index (χ3n) is 4.84. The van der Waals surface area contributed by atoms with Gasteiger partial charge in [0.15, 0.2) is 5.78 Å². The van der Waals surface area contributed by atoms with E-state index in [9.17, 15) is 9.59 Å². The van der Waals surface area contributed by atoms with Crippen molar-refractivity contribution in [3.8, 4) is 5.75 Å². The molecule has 0 spiro atoms. The molecule has 0 unspecified atom stereocenters. The van der Waals surface area contributed by atoms with E-state index >= 15 is 0 Å². The predicted octanol–water partition coefficient (Wildman–Crippen LogP) is 3.58. The number of rotatable bonds is 5. The predicted molar refractivity (Wildman–Crippen MR) is 109 cm³/mol. The minimum atomic E-state index is 0.00563. The molecule has 1 saturated heterocycles. The molecule has 0 atom stereocenters. The maximum atomic E-state index is 12.9. The number of carbonyl (C=O) groups excluding carboxylic acids is 2. The maximum absolute atomic E-state index is 12.9. The van der Waals surface area contributed by atoms with E-state index in [0.29, 0.717) is 30.0 Å². The number of methoxy groups -OCH3 is 1. The summed E-state index contributed by atoms with van der Waals surface area (Å²) < 4.78 is 5.42. The van der Waals surface area contributed by atoms with Crippen LogP contribution in [0.1, 0.15) is 27.6 Å². The summed E-state index contributed by atoms with van der Waals surface area (Å²) in [5.74, 6) is 0.693. The Balaban J connectivity index is 1.66. The average Bonchev–Trinajstić information content (AvgIpc) is 2.73. The molecule has 5 nitrogen and oxygen atoms in total. The highest BCUT2D eigenvalue weighted by Crippen LogP contribution is 2.27. The smallest absolute Gasteiger partial charge is 0.257 e. The fraction of sp³-hybridized carbons (Fsp3) is 0.333. The van der Waals surface area contributed by atoms with Gasteiger partial charge in [0.25, 0.3) is 5.91 Å². The second kappa shape index (κ2) is 8.48. The molecule has 1 heterocycles. The van der Waals surface area contributed by atoms with Gasteiger partial charge in [0.1, 0.15) is 5.75 Å². The van der Waals surface area contributed by atoms with E-state index in [0.717, 1.165) is 23.7 Å². The van der Waals surface area contributed by atoms with Crippen LogP contribution in [0, 0.1) is 0 Å². The quantitative estimate of drug-likeness (QED) is 0.583. The molecule has 1 fully saturated rings. The summed E-state index contributed by atoms with van der Waals surface area (Å²) in [6.45, 7) is 4.40. The maximum Gasteiger partial charge on any atom is 0.257 e. The van der Waals surface area contributed by atoms with Gasteiger partial charge >= 0.3 is 0 Å². The third kappa shape index (κ3) is 4.27. The van der Waals surface area contributed by atoms with Crippen molar-refractivity contribution in [1.82, 2.24) is 4.90 Å². The van der Waals surface area contributed by atoms with Crippen LogP contribution in [-0.2, 0) is 0 Å². The van der Waals surface area contributed by atoms with Crippen LogP contribution in [0.5, 0.6) is 5.75 Å². The second-order valence-electron chi connectivity index (χ2n) is 6.45. The summed E-state index contributed by atoms with van der Waals surface area (Å²) in [5.41, 5.74) is 2.40. The van der Waals surface area contributed by atoms with Crippen LogP contribution < -0.4 is 9.64 Å². The van der Waals surface area contributed by atoms with Crippen LogP contribution in [0.25, 0.3) is 0 Å². The summed E-state index contributed by atoms with van der Waals surface area (Å²) in [6, 6.07) is 13.4. The largest absolute Gasteiger partial charge is 0.496 e. The van der Waals surface area contributed by atoms with E-state index in [1.54, 1.807) is 25.8 Å². The summed E-state index contributed by atoms with van der Waals surface area (Å²) in [4.78, 5) is 29.5. The number of thioether (sulfide) groups is 1. The number of hydrogen-bond donors (Lipinski definition) is 0. The highest BCUT2D eigenvalue weighted by molar-refractivity contribution is 7.98. The Morgan fingerprint density at radius 3 is 2.22 bits per heavy atom. The Labute approximate surface area is 164 Å². The van der Waals surface area contributed by atoms with Gasteiger partial charge in [0.05, 0.1) is 12.7 Å². The molecule has 142 valence electrons. The highest BCUT2D eigenvalue weighted by Gasteiger charge is 2.24. The van der Waals surface area contributed by atoms with Crippen LogP contribution in [0.2, 0.25) is 0 Å². The van der Waals surface area contributed by atoms with Crippen molar-refractivity contribution in [2.45, 2.75) is 11.8 Å². The Morgan fingerprint density at radius 2 is 1.67 bits per heavy atom. The van der Waals surface area contributed by atoms with Gasteiger partial charge in [-0.05, 0) is 55.6 Å². The monoisotopic (exact) mass is 384 g/mol. The molecule has 0 bridgehead atoms. The molecule has 2 aromatic rings. The van der Waals surface area contributed by atoms with Crippen molar-refractivity contribution in [3.05, 3.63) is 53.6 Å². The molecule has 3 rings (SSSR count). The Morgan fingerprint density at radius 1 is 1.00 bits per heavy atom. The molecular weight excluding hydrogens is 360 g/mol. The van der Waals surface area contributed by atoms with Crippen LogP contribution in [0.15, 0.2) is 47.4 Å². The zero-order valence-corrected chi connectivity index (χ0v) is 16.7. The number of ketones is 1. The Hall–Kier alpha value is -2.47. The first-order valence-electron chi connectivity index (χ1n) is 8.90. The van der Waals surface area contributed by atoms with Crippen molar-refractivity contribution in [2.75, 3.05) is 44.4 Å². The molecule has 0 saturated carbocycles. The Kier molecular flexibility index (Phi) is 6.06. The second-order valence-corrected chi connectivity index (χ2v) is 7.33. The van der Waals surface area contributed by atoms with E-state index in [1.165, 1.54) is 0 Å². The molecular formula is C21H24N2O3S. The van der Waals surface area contributed by atoms with Gasteiger partial charge in [0.2, 0.25) is 0 Å². The van der Waals surface area contributed by atoms with E-state index in [-0.39, 0.29) is 11.7 Å². The number of ether oxygens (including phenoxy) is 1. The normalized spacial score (nSPS) is 14.2. The fourth-order valence-electron chi connectivity index (χ4n) is 3.22. The zero-order valence-electron chi connectivity index (χ0n) is 15.9. The molecule has 2 aromatic carbocycles. The lowest BCUT2D eigenvalue weighted by Crippen LogP contribution is -2.48. The lowest BCUT2D eigenvalue weighted by molar-refractivity contribution is 0.0743. The molecule has 0 N–H and O–H groups in total. The van der Waals surface area contributed by atoms with Gasteiger partial charge in [0, 0.05) is 42.3 Å². The number of hydrogen-bond acceptors (Lipinski definition) is 5. The highest BCUT2D eigenvalue weighted by atomic mass is 32.2. The van der Waals surface area contributed by atoms with E-state index < -0.39 is 0 Å². The first kappa shape index (κ1) is 19.3. The number of nitrogens with zero attached hydrogens (tertiary/aromatic N) is 2. The minimum Gasteiger partial charge on any atom is -0.496 e. The molecule has 6 heteroatoms. The number of benzene rings is 2. The van der Waals surface area contributed by atoms with Crippen molar-refractivity contribution in [2.24, 2.45) is 0 Å². The molecule has 27 heavy (non-hydrogen) atoms. The molecule has 1 aliphatic heterocycles. The van der Waals surface area contributed by atoms with Gasteiger partial charge in [-0.25, -0.2) is 0 Å². The number of amides is 1. The van der Waals surface area contributed by atoms with Gasteiger partial charge < -0.3 is 14.5 Å². The lowest BCUT2D eigenvalue weighted by atomic mass is 10.1. The first-order chi connectivity index (χ1) is 13.0. The molecule has 0 aliphatic carbocycles. The summed E-state index contributed by atoms with van der Waals surface area (Å²) in [7, 11) is 1.60. The van der Waals surface area contributed by atoms with Crippen molar-refractivity contribution >= 4 is 29.1 Å². The van der Waals surface area contributed by atoms with Crippen LogP contribution in [0.3, 0.4) is 0 Å². The number of Topliss-reactive ketones (excluding diaryl/α,β-unsaturated/α-hetero) is 1. The van der Waals surface area contributed by atoms with Crippen molar-refractivity contribution in [3.63, 3.8) is 0 Å². The van der Waals surface area contributed by atoms with Gasteiger partial charge in [-0.1, -0.05) is 0 Å². The summed E-state index contributed by atoms with van der Waals surface area (Å²) in [5, 5.41) is 0. The standard InChI is InChI=1S/C21H24N2O3S/c1-15(24)16-4-6-17(7-5-16)22-10-12-23(13-11-22)21(25)19-9-8-18(27-3)14-20(19)26-2/h4-9,14H,10-13H2,1-3H3. The molecule has 0 radical (unpaired) electrons. The Bertz CT molecular complexity index is 828. The van der Waals surface area contributed by atoms with Crippen LogP contribution >= 0.6 is 11.8 Å². The van der Waals surface area contributed by atoms with Crippen LogP contribution in [0.4, 0.5) is 5.69 Å². The van der Waals surface area contributed by atoms with Crippen molar-refractivity contribution in [1.29, 1.82) is 0 Å². The molecule has 1 amide bonds. The summed E-state index contributed by atoms with van der Waals surface area (Å²) >= 11 is 1.62. The average molecular weight is 385 g/mol. The van der Waals surface area contributed by atoms with E-state index in [1.807, 2.05) is 53.6 Å². The van der Waals surface area contributed by atoms with Gasteiger partial charge in [-0.15, -0.1) is 11.8 Å². The van der Waals surface area contributed by atoms with E-state index in [2.05, 4.69) is 4.90 Å².